The molecule has 3 aromatic rings. The molecule has 4 rings (SSSR count). The van der Waals surface area contributed by atoms with Crippen molar-refractivity contribution in [3.63, 3.8) is 0 Å². The first kappa shape index (κ1) is 26.9. The molecule has 2 heterocycles. The van der Waals surface area contributed by atoms with E-state index in [2.05, 4.69) is 4.99 Å². The van der Waals surface area contributed by atoms with Crippen LogP contribution in [0, 0.1) is 0 Å². The predicted molar refractivity (Wildman–Crippen MR) is 142 cm³/mol. The van der Waals surface area contributed by atoms with Crippen LogP contribution in [0.3, 0.4) is 0 Å². The van der Waals surface area contributed by atoms with Crippen LogP contribution in [0.4, 0.5) is 0 Å². The van der Waals surface area contributed by atoms with E-state index in [9.17, 15) is 14.4 Å². The van der Waals surface area contributed by atoms with Gasteiger partial charge >= 0.3 is 11.9 Å². The Bertz CT molecular complexity index is 1580. The number of hydrogen-bond acceptors (Lipinski definition) is 9. The minimum Gasteiger partial charge on any atom is -0.497 e. The topological polar surface area (TPSA) is 105 Å². The minimum absolute atomic E-state index is 0.166. The van der Waals surface area contributed by atoms with Gasteiger partial charge in [-0.3, -0.25) is 14.2 Å². The van der Waals surface area contributed by atoms with Gasteiger partial charge in [0, 0.05) is 6.92 Å². The third-order valence-corrected chi connectivity index (χ3v) is 6.75. The number of benzene rings is 2. The Morgan fingerprint density at radius 3 is 2.45 bits per heavy atom. The number of carbonyl (C=O) groups excluding carboxylic acids is 2. The van der Waals surface area contributed by atoms with Gasteiger partial charge in [-0.2, -0.15) is 0 Å². The van der Waals surface area contributed by atoms with Crippen LogP contribution >= 0.6 is 11.3 Å². The minimum atomic E-state index is -0.825. The van der Waals surface area contributed by atoms with Crippen LogP contribution in [-0.2, 0) is 14.3 Å². The van der Waals surface area contributed by atoms with Crippen molar-refractivity contribution in [2.75, 3.05) is 20.3 Å². The van der Waals surface area contributed by atoms with Crippen LogP contribution in [0.1, 0.15) is 44.9 Å². The van der Waals surface area contributed by atoms with E-state index >= 15 is 0 Å². The fraction of sp³-hybridized carbons (Fsp3) is 0.286. The number of nitrogens with zero attached hydrogens (tertiary/aromatic N) is 2. The SMILES string of the molecule is CCOC(=O)C1=C(C)N=c2s/c(=C/c3ccc(OC)cc3)c(=O)n2[C@H]1c1ccc(OC(C)=O)c(OCC)c1. The highest BCUT2D eigenvalue weighted by Crippen LogP contribution is 2.36. The van der Waals surface area contributed by atoms with E-state index in [0.29, 0.717) is 38.7 Å². The highest BCUT2D eigenvalue weighted by Gasteiger charge is 2.34. The average Bonchev–Trinajstić information content (AvgIpc) is 3.18. The summed E-state index contributed by atoms with van der Waals surface area (Å²) < 4.78 is 23.5. The number of aromatic nitrogens is 1. The standard InChI is InChI=1S/C28H28N2O7S/c1-6-35-22-15-19(10-13-21(22)37-17(4)31)25-24(27(33)36-7-2)16(3)29-28-30(25)26(32)23(38-28)14-18-8-11-20(34-5)12-9-18/h8-15,25H,6-7H2,1-5H3/b23-14+/t25-/m0/s1. The van der Waals surface area contributed by atoms with Gasteiger partial charge in [0.05, 0.1) is 42.2 Å². The molecule has 9 nitrogen and oxygen atoms in total. The van der Waals surface area contributed by atoms with E-state index in [1.54, 1.807) is 52.2 Å². The molecule has 0 spiro atoms. The smallest absolute Gasteiger partial charge is 0.338 e. The van der Waals surface area contributed by atoms with E-state index in [0.717, 1.165) is 5.56 Å². The summed E-state index contributed by atoms with van der Waals surface area (Å²) in [5.41, 5.74) is 1.80. The molecular formula is C28H28N2O7S. The van der Waals surface area contributed by atoms with Gasteiger partial charge in [0.15, 0.2) is 16.3 Å². The van der Waals surface area contributed by atoms with Gasteiger partial charge in [0.2, 0.25) is 0 Å². The van der Waals surface area contributed by atoms with Crippen molar-refractivity contribution in [1.82, 2.24) is 4.57 Å². The summed E-state index contributed by atoms with van der Waals surface area (Å²) in [7, 11) is 1.59. The van der Waals surface area contributed by atoms with Gasteiger partial charge in [-0.15, -0.1) is 0 Å². The second kappa shape index (κ2) is 11.5. The molecule has 1 aromatic heterocycles. The zero-order chi connectivity index (χ0) is 27.4. The fourth-order valence-electron chi connectivity index (χ4n) is 4.16. The maximum absolute atomic E-state index is 13.8. The molecule has 10 heteroatoms. The Balaban J connectivity index is 1.93. The second-order valence-corrected chi connectivity index (χ2v) is 9.32. The first-order valence-corrected chi connectivity index (χ1v) is 12.9. The molecule has 38 heavy (non-hydrogen) atoms. The predicted octanol–water partition coefficient (Wildman–Crippen LogP) is 3.13. The molecule has 0 amide bonds. The molecule has 0 saturated carbocycles. The van der Waals surface area contributed by atoms with Crippen LogP contribution in [0.2, 0.25) is 0 Å². The molecule has 1 aliphatic heterocycles. The first-order valence-electron chi connectivity index (χ1n) is 12.1. The number of esters is 2. The zero-order valence-corrected chi connectivity index (χ0v) is 22.6. The van der Waals surface area contributed by atoms with E-state index in [-0.39, 0.29) is 23.5 Å². The maximum Gasteiger partial charge on any atom is 0.338 e. The highest BCUT2D eigenvalue weighted by atomic mass is 32.1. The third kappa shape index (κ3) is 5.40. The van der Waals surface area contributed by atoms with Crippen molar-refractivity contribution in [2.45, 2.75) is 33.7 Å². The van der Waals surface area contributed by atoms with Gasteiger partial charge in [0.1, 0.15) is 5.75 Å². The van der Waals surface area contributed by atoms with Crippen molar-refractivity contribution in [3.8, 4) is 17.2 Å². The lowest BCUT2D eigenvalue weighted by Crippen LogP contribution is -2.40. The summed E-state index contributed by atoms with van der Waals surface area (Å²) in [5, 5.41) is 0. The third-order valence-electron chi connectivity index (χ3n) is 5.77. The Kier molecular flexibility index (Phi) is 8.11. The molecule has 0 aliphatic carbocycles. The molecule has 0 bridgehead atoms. The second-order valence-electron chi connectivity index (χ2n) is 8.31. The number of allylic oxidation sites excluding steroid dienone is 1. The van der Waals surface area contributed by atoms with Crippen LogP contribution in [0.25, 0.3) is 6.08 Å². The largest absolute Gasteiger partial charge is 0.497 e. The fourth-order valence-corrected chi connectivity index (χ4v) is 5.21. The Morgan fingerprint density at radius 1 is 1.08 bits per heavy atom. The van der Waals surface area contributed by atoms with Crippen LogP contribution in [-0.4, -0.2) is 36.8 Å². The van der Waals surface area contributed by atoms with Crippen molar-refractivity contribution >= 4 is 29.4 Å². The Labute approximate surface area is 223 Å². The monoisotopic (exact) mass is 536 g/mol. The molecule has 2 aromatic carbocycles. The number of hydrogen-bond donors (Lipinski definition) is 0. The van der Waals surface area contributed by atoms with Crippen molar-refractivity contribution in [1.29, 1.82) is 0 Å². The van der Waals surface area contributed by atoms with Crippen LogP contribution in [0.15, 0.2) is 63.5 Å². The number of thiazole rings is 1. The first-order chi connectivity index (χ1) is 18.3. The van der Waals surface area contributed by atoms with Gasteiger partial charge in [-0.05, 0) is 62.2 Å². The summed E-state index contributed by atoms with van der Waals surface area (Å²) in [6.45, 7) is 7.03. The van der Waals surface area contributed by atoms with E-state index in [1.165, 1.54) is 22.8 Å². The molecule has 0 fully saturated rings. The lowest BCUT2D eigenvalue weighted by atomic mass is 9.95. The number of ether oxygens (including phenoxy) is 4. The number of carbonyl (C=O) groups is 2. The number of fused-ring (bicyclic) bond motifs is 1. The van der Waals surface area contributed by atoms with Crippen molar-refractivity contribution < 1.29 is 28.5 Å². The highest BCUT2D eigenvalue weighted by molar-refractivity contribution is 7.07. The van der Waals surface area contributed by atoms with Crippen LogP contribution in [0.5, 0.6) is 17.2 Å². The van der Waals surface area contributed by atoms with Gasteiger partial charge in [-0.1, -0.05) is 29.5 Å². The Hall–Kier alpha value is -4.18. The van der Waals surface area contributed by atoms with E-state index < -0.39 is 18.0 Å². The molecular weight excluding hydrogens is 508 g/mol. The van der Waals surface area contributed by atoms with Gasteiger partial charge < -0.3 is 18.9 Å². The quantitative estimate of drug-likeness (QED) is 0.322. The normalized spacial score (nSPS) is 15.0. The summed E-state index contributed by atoms with van der Waals surface area (Å²) >= 11 is 1.23. The zero-order valence-electron chi connectivity index (χ0n) is 21.8. The number of methoxy groups -OCH3 is 1. The summed E-state index contributed by atoms with van der Waals surface area (Å²) in [6, 6.07) is 11.5. The lowest BCUT2D eigenvalue weighted by molar-refractivity contribution is -0.139. The van der Waals surface area contributed by atoms with Gasteiger partial charge in [0.25, 0.3) is 5.56 Å². The van der Waals surface area contributed by atoms with E-state index in [1.807, 2.05) is 24.3 Å². The van der Waals surface area contributed by atoms with Gasteiger partial charge in [-0.25, -0.2) is 9.79 Å². The van der Waals surface area contributed by atoms with E-state index in [4.69, 9.17) is 18.9 Å². The summed E-state index contributed by atoms with van der Waals surface area (Å²) in [5.74, 6) is 0.214. The Morgan fingerprint density at radius 2 is 1.82 bits per heavy atom. The average molecular weight is 537 g/mol. The molecule has 0 saturated heterocycles. The molecule has 0 N–H and O–H groups in total. The molecule has 0 unspecified atom stereocenters. The van der Waals surface area contributed by atoms with Crippen molar-refractivity contribution in [3.05, 3.63) is 84.5 Å². The molecule has 0 radical (unpaired) electrons. The molecule has 1 aliphatic rings. The van der Waals surface area contributed by atoms with Crippen LogP contribution < -0.4 is 29.1 Å². The lowest BCUT2D eigenvalue weighted by Gasteiger charge is -2.25. The summed E-state index contributed by atoms with van der Waals surface area (Å²) in [6.07, 6.45) is 1.78. The number of rotatable bonds is 8. The molecule has 198 valence electrons. The maximum atomic E-state index is 13.8. The summed E-state index contributed by atoms with van der Waals surface area (Å²) in [4.78, 5) is 43.5. The van der Waals surface area contributed by atoms with Crippen molar-refractivity contribution in [2.24, 2.45) is 4.99 Å². The molecule has 1 atom stereocenters.